The number of Topliss-reactive ketones (excluding diaryl/α,β-unsaturated/α-hetero) is 2. The molecular formula is C55H79NO13. The Kier molecular flexibility index (Phi) is 19.3. The average Bonchev–Trinajstić information content (AvgIpc) is 3.35. The van der Waals surface area contributed by atoms with Crippen molar-refractivity contribution in [1.82, 2.24) is 4.90 Å². The van der Waals surface area contributed by atoms with Gasteiger partial charge in [-0.25, -0.2) is 4.79 Å². The normalized spacial score (nSPS) is 36.5. The van der Waals surface area contributed by atoms with Gasteiger partial charge in [-0.3, -0.25) is 14.4 Å². The number of piperidine rings is 1. The molecule has 3 fully saturated rings. The van der Waals surface area contributed by atoms with E-state index in [-0.39, 0.29) is 62.2 Å². The predicted molar refractivity (Wildman–Crippen MR) is 261 cm³/mol. The van der Waals surface area contributed by atoms with Crippen LogP contribution in [0.4, 0.5) is 0 Å². The first-order valence-corrected chi connectivity index (χ1v) is 25.3. The molecule has 0 aromatic heterocycles. The fourth-order valence-corrected chi connectivity index (χ4v) is 11.3. The first-order chi connectivity index (χ1) is 32.9. The smallest absolute Gasteiger partial charge is 0.329 e. The largest absolute Gasteiger partial charge is 0.456 e. The molecule has 3 heterocycles. The van der Waals surface area contributed by atoms with Gasteiger partial charge in [0.1, 0.15) is 30.1 Å². The van der Waals surface area contributed by atoms with Crippen LogP contribution >= 0.6 is 0 Å². The summed E-state index contributed by atoms with van der Waals surface area (Å²) in [5, 5.41) is 37.3. The number of carbonyl (C=O) groups is 4. The molecule has 15 atom stereocenters. The van der Waals surface area contributed by atoms with E-state index in [1.807, 2.05) is 75.4 Å². The second kappa shape index (κ2) is 24.5. The number of carbonyl (C=O) groups excluding carboxylic acids is 4. The highest BCUT2D eigenvalue weighted by Gasteiger charge is 2.56. The van der Waals surface area contributed by atoms with Crippen LogP contribution in [0.3, 0.4) is 0 Å². The molecule has 2 bridgehead atoms. The number of rotatable bonds is 10. The van der Waals surface area contributed by atoms with Gasteiger partial charge in [0.2, 0.25) is 5.79 Å². The second-order valence-corrected chi connectivity index (χ2v) is 20.6. The van der Waals surface area contributed by atoms with E-state index in [1.54, 1.807) is 21.0 Å². The van der Waals surface area contributed by atoms with Crippen LogP contribution in [-0.4, -0.2) is 133 Å². The summed E-state index contributed by atoms with van der Waals surface area (Å²) < 4.78 is 36.7. The zero-order valence-corrected chi connectivity index (χ0v) is 42.3. The van der Waals surface area contributed by atoms with E-state index in [0.29, 0.717) is 56.9 Å². The van der Waals surface area contributed by atoms with E-state index < -0.39 is 83.9 Å². The number of fused-ring (bicyclic) bond motifs is 4. The SMILES string of the molecule is CC[C@@H]1/C=C(\C)C[C@H](C)C[C@H](OC)[C@H]2O[C@@](O)(C(=O)C(=O)N3CCCC[C@H]3C(=O)O[C@H](/C(C)=C/C3CC[C@@H](OC[C@H](O)c4ccc5ccccc5c4)[C@H](OC)C3)[C@H](C)[C@H](O)CC1=O)[C@H](C)C[C@@H]2OC. The maximum atomic E-state index is 14.6. The summed E-state index contributed by atoms with van der Waals surface area (Å²) in [5.74, 6) is -7.65. The number of amides is 1. The second-order valence-electron chi connectivity index (χ2n) is 20.6. The molecule has 2 saturated heterocycles. The minimum Gasteiger partial charge on any atom is -0.456 e. The van der Waals surface area contributed by atoms with E-state index >= 15 is 0 Å². The van der Waals surface area contributed by atoms with Gasteiger partial charge in [0.05, 0.1) is 37.1 Å². The predicted octanol–water partition coefficient (Wildman–Crippen LogP) is 7.38. The molecule has 3 aliphatic heterocycles. The van der Waals surface area contributed by atoms with Gasteiger partial charge in [0.15, 0.2) is 0 Å². The fourth-order valence-electron chi connectivity index (χ4n) is 11.3. The van der Waals surface area contributed by atoms with Gasteiger partial charge in [0.25, 0.3) is 11.7 Å². The molecular weight excluding hydrogens is 883 g/mol. The van der Waals surface area contributed by atoms with Crippen LogP contribution < -0.4 is 0 Å². The number of allylic oxidation sites excluding steroid dienone is 3. The third kappa shape index (κ3) is 13.0. The number of hydrogen-bond donors (Lipinski definition) is 3. The molecule has 2 aromatic carbocycles. The summed E-state index contributed by atoms with van der Waals surface area (Å²) in [6.45, 7) is 11.4. The summed E-state index contributed by atoms with van der Waals surface area (Å²) in [4.78, 5) is 58.6. The molecule has 2 aromatic rings. The van der Waals surface area contributed by atoms with Crippen molar-refractivity contribution in [2.24, 2.45) is 29.6 Å². The monoisotopic (exact) mass is 962 g/mol. The Morgan fingerprint density at radius 2 is 1.58 bits per heavy atom. The number of ether oxygens (including phenoxy) is 6. The van der Waals surface area contributed by atoms with Crippen molar-refractivity contribution >= 4 is 34.2 Å². The lowest BCUT2D eigenvalue weighted by Gasteiger charge is -2.47. The highest BCUT2D eigenvalue weighted by molar-refractivity contribution is 6.39. The first kappa shape index (κ1) is 54.5. The molecule has 3 N–H and O–H groups in total. The van der Waals surface area contributed by atoms with Crippen molar-refractivity contribution in [3.8, 4) is 0 Å². The van der Waals surface area contributed by atoms with E-state index in [4.69, 9.17) is 28.4 Å². The highest BCUT2D eigenvalue weighted by atomic mass is 16.7. The van der Waals surface area contributed by atoms with Crippen molar-refractivity contribution in [1.29, 1.82) is 0 Å². The fraction of sp³-hybridized carbons (Fsp3) is 0.673. The summed E-state index contributed by atoms with van der Waals surface area (Å²) in [6, 6.07) is 12.7. The molecule has 69 heavy (non-hydrogen) atoms. The van der Waals surface area contributed by atoms with Crippen molar-refractivity contribution in [2.45, 2.75) is 173 Å². The van der Waals surface area contributed by atoms with E-state index in [0.717, 1.165) is 21.9 Å². The number of ketones is 2. The van der Waals surface area contributed by atoms with Crippen LogP contribution in [0, 0.1) is 29.6 Å². The number of nitrogens with zero attached hydrogens (tertiary/aromatic N) is 1. The zero-order valence-electron chi connectivity index (χ0n) is 42.3. The third-order valence-corrected chi connectivity index (χ3v) is 15.5. The van der Waals surface area contributed by atoms with Crippen LogP contribution in [0.2, 0.25) is 0 Å². The molecule has 4 aliphatic rings. The Morgan fingerprint density at radius 3 is 2.28 bits per heavy atom. The standard InChI is InChI=1S/C55H79NO13/c1-10-38-24-32(2)23-33(3)25-48(65-8)51-49(66-9)27-35(5)55(63,69-51)52(60)53(61)56-22-14-13-17-42(56)54(62)68-50(36(6)43(57)30-44(38)58)34(4)26-37-18-21-46(47(28-37)64-7)67-31-45(59)41-20-19-39-15-11-12-16-40(39)29-41/h11-12,15-16,19-20,24,26,29,33,35-38,42-43,45-51,57,59,63H,10,13-14,17-18,21-23,25,27-28,30-31H2,1-9H3/b32-24+,34-26+/t33-,35+,36+,37?,38+,42-,43+,45-,46+,47+,48-,49-,50+,51+,55+/m0/s1. The summed E-state index contributed by atoms with van der Waals surface area (Å²) in [6.07, 6.45) is 3.26. The molecule has 14 heteroatoms. The van der Waals surface area contributed by atoms with Crippen LogP contribution in [0.25, 0.3) is 10.8 Å². The van der Waals surface area contributed by atoms with Gasteiger partial charge in [-0.15, -0.1) is 0 Å². The Bertz CT molecular complexity index is 2140. The van der Waals surface area contributed by atoms with E-state index in [1.165, 1.54) is 19.1 Å². The zero-order chi connectivity index (χ0) is 50.2. The lowest BCUT2D eigenvalue weighted by atomic mass is 9.81. The minimum absolute atomic E-state index is 0.0212. The Labute approximate surface area is 409 Å². The van der Waals surface area contributed by atoms with Gasteiger partial charge < -0.3 is 48.6 Å². The van der Waals surface area contributed by atoms with Gasteiger partial charge in [-0.1, -0.05) is 81.8 Å². The third-order valence-electron chi connectivity index (χ3n) is 15.5. The molecule has 6 rings (SSSR count). The van der Waals surface area contributed by atoms with Crippen LogP contribution in [0.1, 0.15) is 124 Å². The number of esters is 1. The first-order valence-electron chi connectivity index (χ1n) is 25.3. The van der Waals surface area contributed by atoms with E-state index in [9.17, 15) is 34.5 Å². The summed E-state index contributed by atoms with van der Waals surface area (Å²) >= 11 is 0. The lowest BCUT2D eigenvalue weighted by Crippen LogP contribution is -2.64. The molecule has 0 spiro atoms. The molecule has 1 unspecified atom stereocenters. The number of cyclic esters (lactones) is 1. The maximum Gasteiger partial charge on any atom is 0.329 e. The maximum absolute atomic E-state index is 14.6. The van der Waals surface area contributed by atoms with Crippen molar-refractivity contribution in [2.75, 3.05) is 34.5 Å². The van der Waals surface area contributed by atoms with Gasteiger partial charge in [-0.05, 0) is 118 Å². The molecule has 14 nitrogen and oxygen atoms in total. The van der Waals surface area contributed by atoms with Gasteiger partial charge in [0, 0.05) is 52.0 Å². The van der Waals surface area contributed by atoms with Crippen LogP contribution in [0.15, 0.2) is 65.8 Å². The Morgan fingerprint density at radius 1 is 0.884 bits per heavy atom. The molecule has 0 radical (unpaired) electrons. The lowest BCUT2D eigenvalue weighted by molar-refractivity contribution is -0.302. The molecule has 382 valence electrons. The number of benzene rings is 2. The molecule has 1 aliphatic carbocycles. The van der Waals surface area contributed by atoms with Gasteiger partial charge in [-0.2, -0.15) is 0 Å². The van der Waals surface area contributed by atoms with Crippen LogP contribution in [-0.2, 0) is 47.6 Å². The van der Waals surface area contributed by atoms with Gasteiger partial charge >= 0.3 is 5.97 Å². The number of hydrogen-bond acceptors (Lipinski definition) is 13. The Balaban J connectivity index is 1.26. The Hall–Kier alpha value is -3.86. The average molecular weight is 962 g/mol. The molecule has 1 saturated carbocycles. The highest BCUT2D eigenvalue weighted by Crippen LogP contribution is 2.40. The van der Waals surface area contributed by atoms with Crippen LogP contribution in [0.5, 0.6) is 0 Å². The summed E-state index contributed by atoms with van der Waals surface area (Å²) in [5.41, 5.74) is 2.42. The minimum atomic E-state index is -2.52. The van der Waals surface area contributed by atoms with Crippen molar-refractivity contribution in [3.05, 3.63) is 71.3 Å². The topological polar surface area (TPSA) is 188 Å². The number of aliphatic hydroxyl groups is 3. The van der Waals surface area contributed by atoms with E-state index in [2.05, 4.69) is 6.92 Å². The number of methoxy groups -OCH3 is 3. The summed E-state index contributed by atoms with van der Waals surface area (Å²) in [7, 11) is 4.71. The number of aliphatic hydroxyl groups excluding tert-OH is 2. The van der Waals surface area contributed by atoms with Crippen molar-refractivity contribution < 1.29 is 62.9 Å². The van der Waals surface area contributed by atoms with Crippen molar-refractivity contribution in [3.63, 3.8) is 0 Å². The quantitative estimate of drug-likeness (QED) is 0.122. The molecule has 1 amide bonds.